The van der Waals surface area contributed by atoms with Gasteiger partial charge in [0.1, 0.15) is 23.7 Å². The number of nitrogens with zero attached hydrogens (tertiary/aromatic N) is 3. The Balaban J connectivity index is 2.02. The van der Waals surface area contributed by atoms with Gasteiger partial charge in [-0.1, -0.05) is 0 Å². The molecular weight excluding hydrogens is 354 g/mol. The number of rotatable bonds is 6. The molecule has 1 heterocycles. The molecule has 0 aliphatic heterocycles. The van der Waals surface area contributed by atoms with Crippen LogP contribution in [0.5, 0.6) is 5.75 Å². The summed E-state index contributed by atoms with van der Waals surface area (Å²) in [7, 11) is 0. The van der Waals surface area contributed by atoms with E-state index < -0.39 is 29.9 Å². The molecule has 26 heavy (non-hydrogen) atoms. The number of carbonyl (C=O) groups is 2. The van der Waals surface area contributed by atoms with Crippen LogP contribution in [-0.2, 0) is 11.3 Å². The average Bonchev–Trinajstić information content (AvgIpc) is 2.81. The molecule has 0 atom stereocenters. The van der Waals surface area contributed by atoms with Gasteiger partial charge in [-0.25, -0.2) is 0 Å². The molecule has 2 rings (SSSR count). The monoisotopic (exact) mass is 368 g/mol. The highest BCUT2D eigenvalue weighted by atomic mass is 19.3. The maximum Gasteiger partial charge on any atom is 0.387 e. The Bertz CT molecular complexity index is 848. The highest BCUT2D eigenvalue weighted by Crippen LogP contribution is 2.21. The molecule has 2 amide bonds. The second-order valence-corrected chi connectivity index (χ2v) is 5.21. The lowest BCUT2D eigenvalue weighted by atomic mass is 10.2. The third kappa shape index (κ3) is 4.37. The van der Waals surface area contributed by atoms with E-state index in [9.17, 15) is 28.5 Å². The molecule has 0 spiro atoms. The van der Waals surface area contributed by atoms with Crippen LogP contribution in [0.1, 0.15) is 21.7 Å². The fourth-order valence-corrected chi connectivity index (χ4v) is 2.27. The maximum atomic E-state index is 12.1. The number of alkyl halides is 2. The van der Waals surface area contributed by atoms with E-state index in [-0.39, 0.29) is 28.4 Å². The molecule has 138 valence electrons. The number of amides is 2. The molecule has 0 saturated carbocycles. The Hall–Kier alpha value is -3.37. The topological polar surface area (TPSA) is 116 Å². The molecule has 1 N–H and O–H groups in total. The van der Waals surface area contributed by atoms with Gasteiger partial charge < -0.3 is 4.74 Å². The van der Waals surface area contributed by atoms with Crippen LogP contribution < -0.4 is 10.1 Å². The molecule has 0 bridgehead atoms. The summed E-state index contributed by atoms with van der Waals surface area (Å²) in [5.74, 6) is -1.61. The lowest BCUT2D eigenvalue weighted by Crippen LogP contribution is -2.33. The van der Waals surface area contributed by atoms with Crippen molar-refractivity contribution in [1.82, 2.24) is 15.1 Å². The number of carbonyl (C=O) groups excluding carboxylic acids is 2. The third-order valence-electron chi connectivity index (χ3n) is 3.41. The van der Waals surface area contributed by atoms with Crippen molar-refractivity contribution >= 4 is 17.5 Å². The Morgan fingerprint density at radius 2 is 1.92 bits per heavy atom. The number of aryl methyl sites for hydroxylation is 1. The quantitative estimate of drug-likeness (QED) is 0.615. The van der Waals surface area contributed by atoms with E-state index in [1.165, 1.54) is 26.0 Å². The first-order valence-corrected chi connectivity index (χ1v) is 7.26. The van der Waals surface area contributed by atoms with Gasteiger partial charge in [-0.05, 0) is 38.1 Å². The zero-order chi connectivity index (χ0) is 19.4. The van der Waals surface area contributed by atoms with Crippen molar-refractivity contribution in [2.75, 3.05) is 0 Å². The van der Waals surface area contributed by atoms with Gasteiger partial charge in [0.25, 0.3) is 5.91 Å². The van der Waals surface area contributed by atoms with Crippen molar-refractivity contribution in [3.05, 3.63) is 51.3 Å². The SMILES string of the molecule is Cc1nn(CC(=O)NC(=O)c2ccc(OC(F)F)cc2)c(C)c1[N+](=O)[O-]. The molecule has 0 radical (unpaired) electrons. The number of ether oxygens (including phenoxy) is 1. The van der Waals surface area contributed by atoms with Gasteiger partial charge in [-0.15, -0.1) is 0 Å². The van der Waals surface area contributed by atoms with Crippen LogP contribution in [0.25, 0.3) is 0 Å². The summed E-state index contributed by atoms with van der Waals surface area (Å²) in [5, 5.41) is 16.9. The standard InChI is InChI=1S/C15H14F2N4O5/c1-8-13(21(24)25)9(2)20(19-8)7-12(22)18-14(23)10-3-5-11(6-4-10)26-15(16)17/h3-6,15H,7H2,1-2H3,(H,18,22,23). The van der Waals surface area contributed by atoms with E-state index in [4.69, 9.17) is 0 Å². The molecule has 9 nitrogen and oxygen atoms in total. The molecule has 0 aliphatic rings. The Morgan fingerprint density at radius 3 is 2.42 bits per heavy atom. The number of hydrogen-bond donors (Lipinski definition) is 1. The van der Waals surface area contributed by atoms with Gasteiger partial charge in [-0.2, -0.15) is 13.9 Å². The van der Waals surface area contributed by atoms with Gasteiger partial charge in [0, 0.05) is 5.56 Å². The number of nitro groups is 1. The summed E-state index contributed by atoms with van der Waals surface area (Å²) in [6.45, 7) is -0.497. The summed E-state index contributed by atoms with van der Waals surface area (Å²) in [4.78, 5) is 34.3. The van der Waals surface area contributed by atoms with E-state index in [2.05, 4.69) is 15.2 Å². The molecule has 2 aromatic rings. The zero-order valence-corrected chi connectivity index (χ0v) is 13.7. The number of benzene rings is 1. The Kier molecular flexibility index (Phi) is 5.60. The highest BCUT2D eigenvalue weighted by molar-refractivity contribution is 6.04. The Morgan fingerprint density at radius 1 is 1.31 bits per heavy atom. The molecule has 11 heteroatoms. The fraction of sp³-hybridized carbons (Fsp3) is 0.267. The first-order chi connectivity index (χ1) is 12.2. The van der Waals surface area contributed by atoms with Crippen LogP contribution in [0.4, 0.5) is 14.5 Å². The van der Waals surface area contributed by atoms with Crippen LogP contribution in [0.2, 0.25) is 0 Å². The van der Waals surface area contributed by atoms with Gasteiger partial charge in [0.05, 0.1) is 4.92 Å². The van der Waals surface area contributed by atoms with Crippen molar-refractivity contribution in [1.29, 1.82) is 0 Å². The normalized spacial score (nSPS) is 10.7. The molecule has 1 aromatic carbocycles. The predicted molar refractivity (Wildman–Crippen MR) is 83.9 cm³/mol. The molecule has 0 unspecified atom stereocenters. The molecule has 0 saturated heterocycles. The van der Waals surface area contributed by atoms with Crippen LogP contribution >= 0.6 is 0 Å². The van der Waals surface area contributed by atoms with Gasteiger partial charge >= 0.3 is 12.3 Å². The number of aromatic nitrogens is 2. The minimum Gasteiger partial charge on any atom is -0.435 e. The number of halogens is 2. The number of nitrogens with one attached hydrogen (secondary N) is 1. The summed E-state index contributed by atoms with van der Waals surface area (Å²) >= 11 is 0. The van der Waals surface area contributed by atoms with Crippen LogP contribution in [0.15, 0.2) is 24.3 Å². The van der Waals surface area contributed by atoms with Crippen molar-refractivity contribution in [2.45, 2.75) is 27.0 Å². The van der Waals surface area contributed by atoms with E-state index in [0.29, 0.717) is 0 Å². The van der Waals surface area contributed by atoms with Gasteiger partial charge in [-0.3, -0.25) is 29.7 Å². The maximum absolute atomic E-state index is 12.1. The van der Waals surface area contributed by atoms with Crippen LogP contribution in [0, 0.1) is 24.0 Å². The molecule has 0 fully saturated rings. The minimum atomic E-state index is -2.99. The molecular formula is C15H14F2N4O5. The lowest BCUT2D eigenvalue weighted by Gasteiger charge is -2.07. The smallest absolute Gasteiger partial charge is 0.387 e. The van der Waals surface area contributed by atoms with Crippen LogP contribution in [-0.4, -0.2) is 33.1 Å². The van der Waals surface area contributed by atoms with Crippen molar-refractivity contribution in [3.8, 4) is 5.75 Å². The molecule has 0 aliphatic carbocycles. The number of hydrogen-bond acceptors (Lipinski definition) is 6. The lowest BCUT2D eigenvalue weighted by molar-refractivity contribution is -0.386. The summed E-state index contributed by atoms with van der Waals surface area (Å²) < 4.78 is 29.4. The minimum absolute atomic E-state index is 0.0549. The number of imide groups is 1. The third-order valence-corrected chi connectivity index (χ3v) is 3.41. The van der Waals surface area contributed by atoms with E-state index in [0.717, 1.165) is 16.8 Å². The largest absolute Gasteiger partial charge is 0.435 e. The van der Waals surface area contributed by atoms with E-state index >= 15 is 0 Å². The average molecular weight is 368 g/mol. The second kappa shape index (κ2) is 7.68. The van der Waals surface area contributed by atoms with Crippen LogP contribution in [0.3, 0.4) is 0 Å². The summed E-state index contributed by atoms with van der Waals surface area (Å²) in [6.07, 6.45) is 0. The summed E-state index contributed by atoms with van der Waals surface area (Å²) in [6, 6.07) is 4.76. The Labute approximate surface area is 145 Å². The van der Waals surface area contributed by atoms with Crippen molar-refractivity contribution in [2.24, 2.45) is 0 Å². The highest BCUT2D eigenvalue weighted by Gasteiger charge is 2.23. The first kappa shape index (κ1) is 19.0. The summed E-state index contributed by atoms with van der Waals surface area (Å²) in [5.41, 5.74) is 0.197. The van der Waals surface area contributed by atoms with E-state index in [1.54, 1.807) is 0 Å². The predicted octanol–water partition coefficient (Wildman–Crippen LogP) is 1.97. The zero-order valence-electron chi connectivity index (χ0n) is 13.7. The molecule has 1 aromatic heterocycles. The van der Waals surface area contributed by atoms with Crippen molar-refractivity contribution in [3.63, 3.8) is 0 Å². The second-order valence-electron chi connectivity index (χ2n) is 5.21. The van der Waals surface area contributed by atoms with E-state index in [1.807, 2.05) is 0 Å². The first-order valence-electron chi connectivity index (χ1n) is 7.26. The van der Waals surface area contributed by atoms with Gasteiger partial charge in [0.15, 0.2) is 0 Å². The van der Waals surface area contributed by atoms with Crippen molar-refractivity contribution < 1.29 is 28.0 Å². The fourth-order valence-electron chi connectivity index (χ4n) is 2.27. The van der Waals surface area contributed by atoms with Gasteiger partial charge in [0.2, 0.25) is 5.91 Å².